The van der Waals surface area contributed by atoms with Gasteiger partial charge < -0.3 is 60.2 Å². The number of carboxylic acid groups (broad SMARTS) is 1. The lowest BCUT2D eigenvalue weighted by Crippen LogP contribution is -2.75. The van der Waals surface area contributed by atoms with Gasteiger partial charge in [0.25, 0.3) is 5.91 Å². The second-order valence-corrected chi connectivity index (χ2v) is 17.9. The number of hydrogen-bond acceptors (Lipinski definition) is 15. The van der Waals surface area contributed by atoms with Crippen LogP contribution in [0.15, 0.2) is 107 Å². The summed E-state index contributed by atoms with van der Waals surface area (Å²) < 4.78 is 23.9. The number of H-pyrrole nitrogens is 1. The predicted octanol–water partition coefficient (Wildman–Crippen LogP) is 4.25. The number of primary amides is 1. The largest absolute Gasteiger partial charge is 0.508 e. The van der Waals surface area contributed by atoms with E-state index >= 15 is 0 Å². The van der Waals surface area contributed by atoms with Crippen molar-refractivity contribution in [2.24, 2.45) is 17.6 Å². The highest BCUT2D eigenvalue weighted by Gasteiger charge is 2.63. The zero-order chi connectivity index (χ0) is 44.7. The van der Waals surface area contributed by atoms with Crippen LogP contribution in [0.2, 0.25) is 0 Å². The van der Waals surface area contributed by atoms with Crippen LogP contribution in [-0.4, -0.2) is 111 Å². The Hall–Kier alpha value is -5.15. The number of benzene rings is 3. The van der Waals surface area contributed by atoms with E-state index in [1.165, 1.54) is 64.1 Å². The van der Waals surface area contributed by atoms with Crippen LogP contribution < -0.4 is 26.5 Å². The number of ether oxygens (including phenoxy) is 3. The molecule has 4 heterocycles. The molecule has 10 N–H and O–H groups in total. The molecule has 18 heteroatoms. The summed E-state index contributed by atoms with van der Waals surface area (Å²) in [6.45, 7) is 0.859. The molecule has 0 radical (unpaired) electrons. The summed E-state index contributed by atoms with van der Waals surface area (Å²) in [5, 5.41) is 62.8. The van der Waals surface area contributed by atoms with E-state index in [9.17, 15) is 39.9 Å². The van der Waals surface area contributed by atoms with E-state index in [-0.39, 0.29) is 63.8 Å². The summed E-state index contributed by atoms with van der Waals surface area (Å²) in [4.78, 5) is 42.1. The monoisotopic (exact) mass is 902 g/mol. The van der Waals surface area contributed by atoms with E-state index in [0.717, 1.165) is 17.5 Å². The average molecular weight is 903 g/mol. The van der Waals surface area contributed by atoms with E-state index in [1.54, 1.807) is 0 Å². The normalized spacial score (nSPS) is 26.3. The molecule has 0 spiro atoms. The van der Waals surface area contributed by atoms with Gasteiger partial charge in [-0.25, -0.2) is 4.79 Å². The molecule has 0 aliphatic carbocycles. The van der Waals surface area contributed by atoms with Gasteiger partial charge in [0.15, 0.2) is 11.7 Å². The first-order valence-electron chi connectivity index (χ1n) is 20.3. The first-order valence-corrected chi connectivity index (χ1v) is 22.8. The zero-order valence-electron chi connectivity index (χ0n) is 34.2. The Kier molecular flexibility index (Phi) is 15.0. The molecule has 7 rings (SSSR count). The maximum Gasteiger partial charge on any atom is 0.335 e. The van der Waals surface area contributed by atoms with Crippen molar-refractivity contribution in [3.05, 3.63) is 124 Å². The molecule has 3 aromatic carbocycles. The minimum absolute atomic E-state index is 0.00966. The third-order valence-corrected chi connectivity index (χ3v) is 13.6. The average Bonchev–Trinajstić information content (AvgIpc) is 3.81. The van der Waals surface area contributed by atoms with E-state index in [0.29, 0.717) is 18.7 Å². The van der Waals surface area contributed by atoms with E-state index in [1.807, 2.05) is 55.8 Å². The van der Waals surface area contributed by atoms with E-state index < -0.39 is 59.5 Å². The smallest absolute Gasteiger partial charge is 0.335 e. The summed E-state index contributed by atoms with van der Waals surface area (Å²) >= 11 is 0. The van der Waals surface area contributed by atoms with Gasteiger partial charge in [-0.15, -0.1) is 0 Å². The fourth-order valence-corrected chi connectivity index (χ4v) is 10.3. The highest BCUT2D eigenvalue weighted by molar-refractivity contribution is 8.76. The van der Waals surface area contributed by atoms with Gasteiger partial charge in [0.05, 0.1) is 10.9 Å². The second kappa shape index (κ2) is 20.6. The number of aromatic nitrogens is 1. The number of rotatable bonds is 13. The van der Waals surface area contributed by atoms with E-state index in [4.69, 9.17) is 24.4 Å². The van der Waals surface area contributed by atoms with Crippen molar-refractivity contribution in [2.75, 3.05) is 31.8 Å². The molecule has 2 saturated heterocycles. The van der Waals surface area contributed by atoms with Gasteiger partial charge >= 0.3 is 5.97 Å². The molecule has 0 bridgehead atoms. The number of aliphatic hydroxyl groups is 3. The summed E-state index contributed by atoms with van der Waals surface area (Å²) in [5.41, 5.74) is 4.45. The van der Waals surface area contributed by atoms with Crippen LogP contribution >= 0.6 is 21.6 Å². The number of hydrogen-bond donors (Lipinski definition) is 9. The number of aromatic hydroxyl groups is 1. The van der Waals surface area contributed by atoms with Crippen molar-refractivity contribution in [3.63, 3.8) is 0 Å². The molecule has 334 valence electrons. The third kappa shape index (κ3) is 10.1. The summed E-state index contributed by atoms with van der Waals surface area (Å²) in [6.07, 6.45) is -0.186. The maximum atomic E-state index is 13.8. The van der Waals surface area contributed by atoms with Crippen LogP contribution in [0.3, 0.4) is 0 Å². The number of allylic oxidation sites excluding steroid dienone is 1. The van der Waals surface area contributed by atoms with Gasteiger partial charge in [-0.05, 0) is 91.2 Å². The number of aliphatic hydroxyl groups excluding tert-OH is 2. The quantitative estimate of drug-likeness (QED) is 0.0749. The predicted molar refractivity (Wildman–Crippen MR) is 239 cm³/mol. The summed E-state index contributed by atoms with van der Waals surface area (Å²) in [6, 6.07) is 21.4. The van der Waals surface area contributed by atoms with Gasteiger partial charge in [0.2, 0.25) is 17.5 Å². The number of fused-ring (bicyclic) bond motifs is 2. The number of carboxylic acids is 1. The van der Waals surface area contributed by atoms with E-state index in [2.05, 4.69) is 27.8 Å². The highest BCUT2D eigenvalue weighted by atomic mass is 33.1. The van der Waals surface area contributed by atoms with Crippen LogP contribution in [-0.2, 0) is 14.3 Å². The third-order valence-electron chi connectivity index (χ3n) is 11.6. The number of carbonyl (C=O) groups is 2. The number of aliphatic carboxylic acids is 1. The van der Waals surface area contributed by atoms with Crippen LogP contribution in [0.1, 0.15) is 40.4 Å². The number of nitrogens with one attached hydrogen (secondary N) is 3. The lowest BCUT2D eigenvalue weighted by Gasteiger charge is -2.50. The molecule has 9 atom stereocenters. The van der Waals surface area contributed by atoms with Gasteiger partial charge in [-0.3, -0.25) is 14.9 Å². The van der Waals surface area contributed by atoms with Crippen LogP contribution in [0.25, 0.3) is 28.2 Å². The first kappa shape index (κ1) is 45.9. The van der Waals surface area contributed by atoms with Gasteiger partial charge in [0.1, 0.15) is 41.5 Å². The Bertz CT molecular complexity index is 2420. The van der Waals surface area contributed by atoms with Crippen molar-refractivity contribution in [2.45, 2.75) is 55.2 Å². The fraction of sp³-hybridized carbons (Fsp3) is 0.356. The minimum Gasteiger partial charge on any atom is -0.508 e. The molecule has 2 aliphatic rings. The molecular weight excluding hydrogens is 853 g/mol. The second-order valence-electron chi connectivity index (χ2n) is 15.5. The fourth-order valence-electron chi connectivity index (χ4n) is 8.29. The molecule has 2 fully saturated rings. The molecule has 16 nitrogen and oxygen atoms in total. The first-order chi connectivity index (χ1) is 30.4. The molecule has 2 aliphatic heterocycles. The summed E-state index contributed by atoms with van der Waals surface area (Å²) in [7, 11) is 4.72. The molecule has 63 heavy (non-hydrogen) atoms. The number of aromatic amines is 1. The Morgan fingerprint density at radius 2 is 1.86 bits per heavy atom. The number of nitrogens with two attached hydrogens (primary N) is 1. The van der Waals surface area contributed by atoms with Gasteiger partial charge in [-0.1, -0.05) is 76.2 Å². The Morgan fingerprint density at radius 1 is 1.08 bits per heavy atom. The Labute approximate surface area is 370 Å². The number of phenolic OH excluding ortho intramolecular Hbond substituents is 1. The number of amides is 1. The van der Waals surface area contributed by atoms with Crippen LogP contribution in [0.5, 0.6) is 11.5 Å². The zero-order valence-corrected chi connectivity index (χ0v) is 35.8. The van der Waals surface area contributed by atoms with Crippen molar-refractivity contribution in [3.8, 4) is 22.6 Å². The molecule has 2 aromatic heterocycles. The Balaban J connectivity index is 1.25. The number of phenols is 1. The molecule has 5 aromatic rings. The minimum atomic E-state index is -2.67. The molecule has 0 saturated carbocycles. The Morgan fingerprint density at radius 3 is 2.56 bits per heavy atom. The molecule has 9 unspecified atom stereocenters. The summed E-state index contributed by atoms with van der Waals surface area (Å²) in [5.74, 6) is -2.94. The lowest BCUT2D eigenvalue weighted by atomic mass is 9.75. The van der Waals surface area contributed by atoms with Crippen molar-refractivity contribution < 1.29 is 53.7 Å². The van der Waals surface area contributed by atoms with Gasteiger partial charge in [0, 0.05) is 30.8 Å². The maximum absolute atomic E-state index is 13.8. The molecular formula is C45H50N4O12S2. The van der Waals surface area contributed by atoms with Crippen molar-refractivity contribution in [1.82, 2.24) is 15.6 Å². The van der Waals surface area contributed by atoms with Crippen molar-refractivity contribution in [1.29, 1.82) is 0 Å². The highest BCUT2D eigenvalue weighted by Crippen LogP contribution is 2.42. The lowest BCUT2D eigenvalue weighted by molar-refractivity contribution is -0.342. The standard InChI is InChI=1S/C45H50N4O12S2/c1-47-18-16-26(9-5-8-25-6-3-2-4-7-25)32-22-49-43(56)45(57)40(58-24-63-62-23-33(32)28-17-19-48-21-28)37(52)39(42(54)55)61-44(45)59-30-14-15-31-34(20-30)60-38(41(46)53)35(36(31)51)27-10-12-29(50)13-11-27/h2-8,10-15,17,19-21,26,32-33,37,39-40,43-44,47-50,52,56-57H,9,16,18,22-24H2,1H3,(H2,46,53)(H,54,55). The number of carbonyl (C=O) groups excluding carboxylic acids is 1. The topological polar surface area (TPSA) is 259 Å². The molecule has 1 amide bonds. The van der Waals surface area contributed by atoms with Crippen molar-refractivity contribution >= 4 is 50.5 Å². The van der Waals surface area contributed by atoms with Gasteiger partial charge in [-0.2, -0.15) is 0 Å². The van der Waals surface area contributed by atoms with Crippen LogP contribution in [0.4, 0.5) is 0 Å². The van der Waals surface area contributed by atoms with Crippen LogP contribution in [0, 0.1) is 11.8 Å². The SMILES string of the molecule is CNCCC(CC=Cc1ccccc1)C1CNC(O)C2(O)C(Oc3ccc4c(=O)c(-c5ccc(O)cc5)c(C(N)=O)oc4c3)OC(C(=O)O)C(O)C2OCSSCC1c1cc[nH]c1.